The van der Waals surface area contributed by atoms with Crippen LogP contribution < -0.4 is 0 Å². The Morgan fingerprint density at radius 2 is 1.83 bits per heavy atom. The van der Waals surface area contributed by atoms with Gasteiger partial charge in [-0.1, -0.05) is 18.2 Å². The van der Waals surface area contributed by atoms with E-state index < -0.39 is 32.7 Å². The number of piperidine rings is 1. The molecule has 0 aromatic heterocycles. The van der Waals surface area contributed by atoms with Crippen molar-refractivity contribution in [2.45, 2.75) is 40.9 Å². The minimum absolute atomic E-state index is 0.0195. The second kappa shape index (κ2) is 5.58. The van der Waals surface area contributed by atoms with Crippen LogP contribution in [0.5, 0.6) is 0 Å². The quantitative estimate of drug-likeness (QED) is 0.825. The number of β-amino-alcohol motifs (C(OH)–C–C–N with tert-alkyl or cyclic N) is 1. The third kappa shape index (κ3) is 2.66. The Morgan fingerprint density at radius 1 is 1.17 bits per heavy atom. The molecule has 3 rings (SSSR count). The summed E-state index contributed by atoms with van der Waals surface area (Å²) < 4.78 is 24.3. The number of benzene rings is 1. The first-order chi connectivity index (χ1) is 10.8. The summed E-state index contributed by atoms with van der Waals surface area (Å²) >= 11 is 0. The number of aliphatic hydroxyl groups is 2. The first-order valence-corrected chi connectivity index (χ1v) is 9.25. The van der Waals surface area contributed by atoms with Crippen molar-refractivity contribution in [2.24, 2.45) is 0 Å². The molecule has 0 radical (unpaired) electrons. The van der Waals surface area contributed by atoms with Gasteiger partial charge < -0.3 is 15.1 Å². The average molecular weight is 339 g/mol. The number of hydrogen-bond donors (Lipinski definition) is 2. The van der Waals surface area contributed by atoms with Crippen LogP contribution in [0, 0.1) is 0 Å². The van der Waals surface area contributed by atoms with Gasteiger partial charge in [-0.2, -0.15) is 0 Å². The second-order valence-corrected chi connectivity index (χ2v) is 8.78. The molecule has 0 spiro atoms. The molecule has 6 nitrogen and oxygen atoms in total. The number of amides is 1. The Morgan fingerprint density at radius 3 is 2.39 bits per heavy atom. The van der Waals surface area contributed by atoms with Crippen LogP contribution in [0.2, 0.25) is 0 Å². The third-order valence-electron chi connectivity index (χ3n) is 4.80. The number of nitrogens with zero attached hydrogens (tertiary/aromatic N) is 1. The molecule has 1 atom stereocenters. The first kappa shape index (κ1) is 16.4. The van der Waals surface area contributed by atoms with Crippen molar-refractivity contribution < 1.29 is 23.4 Å². The van der Waals surface area contributed by atoms with Crippen LogP contribution in [0.3, 0.4) is 0 Å². The minimum atomic E-state index is -3.76. The van der Waals surface area contributed by atoms with Gasteiger partial charge in [0, 0.05) is 6.54 Å². The number of likely N-dealkylation sites (tertiary alicyclic amines) is 1. The van der Waals surface area contributed by atoms with Crippen molar-refractivity contribution in [3.8, 4) is 0 Å². The summed E-state index contributed by atoms with van der Waals surface area (Å²) in [5.74, 6) is -0.451. The fourth-order valence-electron chi connectivity index (χ4n) is 3.24. The topological polar surface area (TPSA) is 94.9 Å². The molecule has 2 fully saturated rings. The van der Waals surface area contributed by atoms with E-state index >= 15 is 0 Å². The highest BCUT2D eigenvalue weighted by atomic mass is 32.2. The Kier molecular flexibility index (Phi) is 3.98. The van der Waals surface area contributed by atoms with Gasteiger partial charge in [-0.3, -0.25) is 4.79 Å². The van der Waals surface area contributed by atoms with E-state index in [0.717, 1.165) is 0 Å². The van der Waals surface area contributed by atoms with Crippen LogP contribution in [0.25, 0.3) is 0 Å². The van der Waals surface area contributed by atoms with Crippen molar-refractivity contribution >= 4 is 15.7 Å². The predicted octanol–water partition coefficient (Wildman–Crippen LogP) is 0.339. The van der Waals surface area contributed by atoms with E-state index in [1.807, 2.05) is 0 Å². The smallest absolute Gasteiger partial charge is 0.244 e. The van der Waals surface area contributed by atoms with Crippen molar-refractivity contribution in [1.29, 1.82) is 0 Å². The summed E-state index contributed by atoms with van der Waals surface area (Å²) in [7, 11) is -3.76. The molecule has 1 aliphatic heterocycles. The lowest BCUT2D eigenvalue weighted by Crippen LogP contribution is -2.56. The summed E-state index contributed by atoms with van der Waals surface area (Å²) in [6.07, 6.45) is 1.56. The van der Waals surface area contributed by atoms with Crippen molar-refractivity contribution in [1.82, 2.24) is 4.90 Å². The summed E-state index contributed by atoms with van der Waals surface area (Å²) in [5, 5.41) is 19.5. The second-order valence-electron chi connectivity index (χ2n) is 6.52. The number of sulfone groups is 1. The van der Waals surface area contributed by atoms with Crippen LogP contribution in [-0.2, 0) is 14.6 Å². The van der Waals surface area contributed by atoms with E-state index in [9.17, 15) is 23.4 Å². The fraction of sp³-hybridized carbons (Fsp3) is 0.562. The third-order valence-corrected chi connectivity index (χ3v) is 7.30. The maximum absolute atomic E-state index is 12.9. The van der Waals surface area contributed by atoms with Crippen LogP contribution in [0.15, 0.2) is 35.2 Å². The maximum Gasteiger partial charge on any atom is 0.244 e. The zero-order valence-electron chi connectivity index (χ0n) is 12.8. The van der Waals surface area contributed by atoms with Crippen LogP contribution in [0.1, 0.15) is 25.7 Å². The lowest BCUT2D eigenvalue weighted by Gasteiger charge is -2.39. The Bertz CT molecular complexity index is 698. The molecule has 1 saturated carbocycles. The number of carbonyl (C=O) groups excluding carboxylic acids is 1. The normalized spacial score (nSPS) is 26.8. The molecule has 1 aliphatic carbocycles. The van der Waals surface area contributed by atoms with Gasteiger partial charge in [0.2, 0.25) is 5.91 Å². The van der Waals surface area contributed by atoms with Gasteiger partial charge in [-0.25, -0.2) is 8.42 Å². The van der Waals surface area contributed by atoms with E-state index in [1.54, 1.807) is 18.2 Å². The lowest BCUT2D eigenvalue weighted by molar-refractivity contribution is -0.141. The molecule has 23 heavy (non-hydrogen) atoms. The lowest BCUT2D eigenvalue weighted by atomic mass is 9.93. The summed E-state index contributed by atoms with van der Waals surface area (Å²) in [5.41, 5.74) is -1.33. The molecule has 0 unspecified atom stereocenters. The molecule has 2 N–H and O–H groups in total. The molecule has 7 heteroatoms. The van der Waals surface area contributed by atoms with Crippen LogP contribution >= 0.6 is 0 Å². The summed E-state index contributed by atoms with van der Waals surface area (Å²) in [6, 6.07) is 8.01. The molecule has 1 saturated heterocycles. The fourth-order valence-corrected chi connectivity index (χ4v) is 5.20. The highest BCUT2D eigenvalue weighted by Gasteiger charge is 2.62. The summed E-state index contributed by atoms with van der Waals surface area (Å²) in [6.45, 7) is -0.0448. The van der Waals surface area contributed by atoms with E-state index in [2.05, 4.69) is 0 Å². The molecule has 0 bridgehead atoms. The van der Waals surface area contributed by atoms with E-state index in [4.69, 9.17) is 0 Å². The maximum atomic E-state index is 12.9. The Hall–Kier alpha value is -1.44. The van der Waals surface area contributed by atoms with E-state index in [-0.39, 0.29) is 11.4 Å². The highest BCUT2D eigenvalue weighted by Crippen LogP contribution is 2.48. The Balaban J connectivity index is 1.87. The number of hydrogen-bond acceptors (Lipinski definition) is 5. The van der Waals surface area contributed by atoms with Crippen molar-refractivity contribution in [3.63, 3.8) is 0 Å². The van der Waals surface area contributed by atoms with Gasteiger partial charge in [-0.05, 0) is 37.8 Å². The summed E-state index contributed by atoms with van der Waals surface area (Å²) in [4.78, 5) is 14.4. The first-order valence-electron chi connectivity index (χ1n) is 7.77. The largest absolute Gasteiger partial charge is 0.393 e. The molecule has 1 amide bonds. The van der Waals surface area contributed by atoms with Gasteiger partial charge in [0.25, 0.3) is 0 Å². The molecular formula is C16H21NO5S. The number of aliphatic hydroxyl groups excluding tert-OH is 1. The van der Waals surface area contributed by atoms with Crippen LogP contribution in [0.4, 0.5) is 0 Å². The zero-order valence-corrected chi connectivity index (χ0v) is 13.6. The van der Waals surface area contributed by atoms with Gasteiger partial charge in [0.05, 0.1) is 18.0 Å². The molecule has 1 heterocycles. The zero-order chi connectivity index (χ0) is 16.7. The molecule has 1 aromatic rings. The highest BCUT2D eigenvalue weighted by molar-refractivity contribution is 7.94. The van der Waals surface area contributed by atoms with Crippen LogP contribution in [-0.4, -0.2) is 59.5 Å². The SMILES string of the molecule is O=C(N1CCC[C@@](O)(CO)C1)C1(S(=O)(=O)c2ccccc2)CC1. The molecule has 126 valence electrons. The molecule has 1 aromatic carbocycles. The van der Waals surface area contributed by atoms with Gasteiger partial charge in [0.15, 0.2) is 14.6 Å². The predicted molar refractivity (Wildman–Crippen MR) is 83.4 cm³/mol. The van der Waals surface area contributed by atoms with Gasteiger partial charge >= 0.3 is 0 Å². The molecule has 2 aliphatic rings. The molecular weight excluding hydrogens is 318 g/mol. The standard InChI is InChI=1S/C16H21NO5S/c18-12-15(20)7-4-10-17(11-15)14(19)16(8-9-16)23(21,22)13-5-2-1-3-6-13/h1-3,5-6,18,20H,4,7-12H2/t15-/m0/s1. The average Bonchev–Trinajstić information content (AvgIpc) is 3.37. The van der Waals surface area contributed by atoms with E-state index in [1.165, 1.54) is 17.0 Å². The Labute approximate surface area is 135 Å². The van der Waals surface area contributed by atoms with Crippen molar-refractivity contribution in [3.05, 3.63) is 30.3 Å². The number of rotatable bonds is 4. The number of carbonyl (C=O) groups is 1. The van der Waals surface area contributed by atoms with E-state index in [0.29, 0.717) is 32.2 Å². The van der Waals surface area contributed by atoms with Crippen molar-refractivity contribution in [2.75, 3.05) is 19.7 Å². The minimum Gasteiger partial charge on any atom is -0.393 e. The van der Waals surface area contributed by atoms with Gasteiger partial charge in [0.1, 0.15) is 5.60 Å². The van der Waals surface area contributed by atoms with Gasteiger partial charge in [-0.15, -0.1) is 0 Å². The monoisotopic (exact) mass is 339 g/mol.